The first kappa shape index (κ1) is 23.7. The van der Waals surface area contributed by atoms with E-state index in [1.54, 1.807) is 0 Å². The van der Waals surface area contributed by atoms with Gasteiger partial charge < -0.3 is 16.0 Å². The van der Waals surface area contributed by atoms with Crippen molar-refractivity contribution in [1.29, 1.82) is 0 Å². The van der Waals surface area contributed by atoms with Gasteiger partial charge in [0.2, 0.25) is 11.8 Å². The normalized spacial score (nSPS) is 19.7. The summed E-state index contributed by atoms with van der Waals surface area (Å²) in [5, 5.41) is 14.6. The third-order valence-electron chi connectivity index (χ3n) is 6.62. The molecule has 0 bridgehead atoms. The van der Waals surface area contributed by atoms with Crippen molar-refractivity contribution >= 4 is 29.2 Å². The van der Waals surface area contributed by atoms with Crippen LogP contribution in [0.3, 0.4) is 0 Å². The van der Waals surface area contributed by atoms with Gasteiger partial charge in [-0.2, -0.15) is 9.37 Å². The molecule has 2 aliphatic carbocycles. The average Bonchev–Trinajstić information content (AvgIpc) is 2.80. The van der Waals surface area contributed by atoms with Crippen LogP contribution in [0.5, 0.6) is 0 Å². The van der Waals surface area contributed by atoms with Crippen LogP contribution in [0.1, 0.15) is 49.8 Å². The molecule has 0 spiro atoms. The summed E-state index contributed by atoms with van der Waals surface area (Å²) in [5.41, 5.74) is 7.50. The fourth-order valence-electron chi connectivity index (χ4n) is 4.98. The molecule has 10 nitrogen and oxygen atoms in total. The maximum Gasteiger partial charge on any atom is 0.319 e. The molecule has 3 N–H and O–H groups in total. The minimum atomic E-state index is -0.951. The zero-order valence-corrected chi connectivity index (χ0v) is 19.5. The summed E-state index contributed by atoms with van der Waals surface area (Å²) < 4.78 is 13.8. The molecule has 0 atom stereocenters. The fourth-order valence-corrected chi connectivity index (χ4v) is 4.98. The van der Waals surface area contributed by atoms with Gasteiger partial charge in [-0.1, -0.05) is 0 Å². The monoisotopic (exact) mass is 471 g/mol. The Morgan fingerprint density at radius 2 is 1.88 bits per heavy atom. The Labute approximate surface area is 197 Å². The SMILES string of the molecule is CN(C)c1nc(N[C@H]2CC[C@@H](N(C(N)=O)c3ccc(F)c([N+](=O)[O-])c3)CC2)nc2c1CCCC2. The van der Waals surface area contributed by atoms with E-state index >= 15 is 0 Å². The highest BCUT2D eigenvalue weighted by atomic mass is 19.1. The Hall–Kier alpha value is -3.50. The molecule has 1 fully saturated rings. The number of nitrogens with one attached hydrogen (secondary N) is 1. The van der Waals surface area contributed by atoms with Crippen molar-refractivity contribution in [3.63, 3.8) is 0 Å². The van der Waals surface area contributed by atoms with Crippen molar-refractivity contribution in [2.24, 2.45) is 5.73 Å². The van der Waals surface area contributed by atoms with Crippen LogP contribution in [0.25, 0.3) is 0 Å². The van der Waals surface area contributed by atoms with Crippen LogP contribution in [0.15, 0.2) is 18.2 Å². The number of fused-ring (bicyclic) bond motifs is 1. The van der Waals surface area contributed by atoms with Crippen LogP contribution in [0.2, 0.25) is 0 Å². The predicted molar refractivity (Wildman–Crippen MR) is 128 cm³/mol. The number of anilines is 3. The van der Waals surface area contributed by atoms with Crippen LogP contribution in [0.4, 0.5) is 32.3 Å². The molecule has 1 heterocycles. The molecule has 1 saturated carbocycles. The molecule has 11 heteroatoms. The highest BCUT2D eigenvalue weighted by molar-refractivity contribution is 5.91. The Balaban J connectivity index is 1.46. The Kier molecular flexibility index (Phi) is 6.80. The quantitative estimate of drug-likeness (QED) is 0.484. The number of halogens is 1. The van der Waals surface area contributed by atoms with Crippen molar-refractivity contribution in [1.82, 2.24) is 9.97 Å². The van der Waals surface area contributed by atoms with Crippen molar-refractivity contribution in [3.8, 4) is 0 Å². The molecule has 0 radical (unpaired) electrons. The lowest BCUT2D eigenvalue weighted by molar-refractivity contribution is -0.387. The lowest BCUT2D eigenvalue weighted by Gasteiger charge is -2.36. The number of carbonyl (C=O) groups excluding carboxylic acids is 1. The number of nitro benzene ring substituents is 1. The van der Waals surface area contributed by atoms with Crippen molar-refractivity contribution in [2.45, 2.75) is 63.5 Å². The van der Waals surface area contributed by atoms with Crippen molar-refractivity contribution < 1.29 is 14.1 Å². The summed E-state index contributed by atoms with van der Waals surface area (Å²) in [4.78, 5) is 35.4. The summed E-state index contributed by atoms with van der Waals surface area (Å²) in [6, 6.07) is 2.58. The second-order valence-corrected chi connectivity index (χ2v) is 9.15. The van der Waals surface area contributed by atoms with E-state index in [1.165, 1.54) is 16.5 Å². The molecule has 0 unspecified atom stereocenters. The number of rotatable bonds is 6. The predicted octanol–water partition coefficient (Wildman–Crippen LogP) is 3.78. The Bertz CT molecular complexity index is 1090. The second kappa shape index (κ2) is 9.78. The molecule has 34 heavy (non-hydrogen) atoms. The molecule has 1 aromatic carbocycles. The van der Waals surface area contributed by atoms with Crippen LogP contribution in [0, 0.1) is 15.9 Å². The number of aryl methyl sites for hydroxylation is 1. The first-order valence-corrected chi connectivity index (χ1v) is 11.6. The van der Waals surface area contributed by atoms with E-state index in [-0.39, 0.29) is 17.8 Å². The number of nitro groups is 1. The maximum absolute atomic E-state index is 13.8. The highest BCUT2D eigenvalue weighted by Gasteiger charge is 2.31. The van der Waals surface area contributed by atoms with Crippen LogP contribution >= 0.6 is 0 Å². The molecule has 2 amide bonds. The number of urea groups is 1. The molecule has 182 valence electrons. The highest BCUT2D eigenvalue weighted by Crippen LogP contribution is 2.33. The van der Waals surface area contributed by atoms with Gasteiger partial charge in [-0.15, -0.1) is 0 Å². The second-order valence-electron chi connectivity index (χ2n) is 9.15. The zero-order chi connectivity index (χ0) is 24.4. The fraction of sp³-hybridized carbons (Fsp3) is 0.522. The van der Waals surface area contributed by atoms with Crippen LogP contribution < -0.4 is 20.9 Å². The summed E-state index contributed by atoms with van der Waals surface area (Å²) in [6.07, 6.45) is 7.00. The maximum atomic E-state index is 13.8. The minimum absolute atomic E-state index is 0.130. The van der Waals surface area contributed by atoms with Gasteiger partial charge in [0.15, 0.2) is 0 Å². The first-order valence-electron chi connectivity index (χ1n) is 11.6. The molecule has 2 aliphatic rings. The molecule has 1 aromatic heterocycles. The molecule has 0 aliphatic heterocycles. The first-order chi connectivity index (χ1) is 16.2. The molecule has 4 rings (SSSR count). The van der Waals surface area contributed by atoms with Gasteiger partial charge in [-0.3, -0.25) is 15.0 Å². The molecular formula is C23H30FN7O3. The smallest absolute Gasteiger partial charge is 0.319 e. The van der Waals surface area contributed by atoms with Gasteiger partial charge >= 0.3 is 11.7 Å². The number of primary amides is 1. The van der Waals surface area contributed by atoms with Gasteiger partial charge in [0.1, 0.15) is 5.82 Å². The number of benzene rings is 1. The summed E-state index contributed by atoms with van der Waals surface area (Å²) in [7, 11) is 3.98. The van der Waals surface area contributed by atoms with Gasteiger partial charge in [0, 0.05) is 37.8 Å². The lowest BCUT2D eigenvalue weighted by atomic mass is 9.90. The third kappa shape index (κ3) is 4.87. The van der Waals surface area contributed by atoms with Crippen molar-refractivity contribution in [2.75, 3.05) is 29.2 Å². The van der Waals surface area contributed by atoms with Gasteiger partial charge in [0.25, 0.3) is 0 Å². The van der Waals surface area contributed by atoms with E-state index in [4.69, 9.17) is 15.7 Å². The number of nitrogens with zero attached hydrogens (tertiary/aromatic N) is 5. The molecule has 0 saturated heterocycles. The summed E-state index contributed by atoms with van der Waals surface area (Å²) in [5.74, 6) is 0.626. The topological polar surface area (TPSA) is 131 Å². The van der Waals surface area contributed by atoms with Gasteiger partial charge in [-0.25, -0.2) is 9.78 Å². The zero-order valence-electron chi connectivity index (χ0n) is 19.5. The number of hydrogen-bond acceptors (Lipinski definition) is 7. The number of hydrogen-bond donors (Lipinski definition) is 2. The van der Waals surface area contributed by atoms with Gasteiger partial charge in [-0.05, 0) is 63.5 Å². The molecule has 2 aromatic rings. The number of aromatic nitrogens is 2. The summed E-state index contributed by atoms with van der Waals surface area (Å²) in [6.45, 7) is 0. The standard InChI is InChI=1S/C23H30FN7O3/c1-29(2)21-17-5-3-4-6-19(17)27-23(28-21)26-14-7-9-15(10-8-14)30(22(25)32)16-11-12-18(24)20(13-16)31(33)34/h11-15H,3-10H2,1-2H3,(H2,25,32)(H,26,27,28)/t14-,15+. The van der Waals surface area contributed by atoms with Crippen LogP contribution in [-0.2, 0) is 12.8 Å². The van der Waals surface area contributed by atoms with Gasteiger partial charge in [0.05, 0.1) is 16.3 Å². The van der Waals surface area contributed by atoms with Crippen LogP contribution in [-0.4, -0.2) is 47.1 Å². The largest absolute Gasteiger partial charge is 0.362 e. The van der Waals surface area contributed by atoms with E-state index in [2.05, 4.69) is 5.32 Å². The Morgan fingerprint density at radius 1 is 1.18 bits per heavy atom. The average molecular weight is 472 g/mol. The number of nitrogens with two attached hydrogens (primary N) is 1. The minimum Gasteiger partial charge on any atom is -0.362 e. The molecular weight excluding hydrogens is 441 g/mol. The van der Waals surface area contributed by atoms with E-state index in [9.17, 15) is 19.3 Å². The van der Waals surface area contributed by atoms with E-state index in [0.29, 0.717) is 18.8 Å². The van der Waals surface area contributed by atoms with Crippen molar-refractivity contribution in [3.05, 3.63) is 45.4 Å². The number of amides is 2. The third-order valence-corrected chi connectivity index (χ3v) is 6.62. The number of carbonyl (C=O) groups is 1. The Morgan fingerprint density at radius 3 is 2.53 bits per heavy atom. The van der Waals surface area contributed by atoms with E-state index < -0.39 is 22.5 Å². The van der Waals surface area contributed by atoms with E-state index in [0.717, 1.165) is 62.2 Å². The summed E-state index contributed by atoms with van der Waals surface area (Å²) >= 11 is 0. The van der Waals surface area contributed by atoms with E-state index in [1.807, 2.05) is 19.0 Å². The lowest BCUT2D eigenvalue weighted by Crippen LogP contribution is -2.47.